The van der Waals surface area contributed by atoms with Crippen molar-refractivity contribution in [2.45, 2.75) is 12.1 Å². The van der Waals surface area contributed by atoms with E-state index < -0.39 is 10.6 Å². The van der Waals surface area contributed by atoms with Gasteiger partial charge in [0.2, 0.25) is 0 Å². The van der Waals surface area contributed by atoms with Gasteiger partial charge in [0.25, 0.3) is 5.69 Å². The molecule has 1 N–H and O–H groups in total. The van der Waals surface area contributed by atoms with Crippen LogP contribution in [0.5, 0.6) is 5.75 Å². The molecule has 2 rings (SSSR count). The summed E-state index contributed by atoms with van der Waals surface area (Å²) in [5.74, 6) is 0.612. The van der Waals surface area contributed by atoms with Crippen LogP contribution in [0.25, 0.3) is 0 Å². The average molecular weight is 242 g/mol. The van der Waals surface area contributed by atoms with Gasteiger partial charge >= 0.3 is 0 Å². The molecule has 1 aliphatic rings. The Kier molecular flexibility index (Phi) is 2.63. The number of anilines is 1. The molecule has 1 heterocycles. The lowest BCUT2D eigenvalue weighted by atomic mass is 10.2. The Morgan fingerprint density at radius 2 is 2.38 bits per heavy atom. The Balaban J connectivity index is 2.44. The van der Waals surface area contributed by atoms with Crippen molar-refractivity contribution in [2.24, 2.45) is 0 Å². The average Bonchev–Trinajstić information content (AvgIpc) is 2.67. The molecule has 1 aliphatic heterocycles. The van der Waals surface area contributed by atoms with E-state index in [1.807, 2.05) is 0 Å². The summed E-state index contributed by atoms with van der Waals surface area (Å²) in [6, 6.07) is 4.66. The van der Waals surface area contributed by atoms with E-state index in [1.54, 1.807) is 12.1 Å². The number of hydrogen-bond acceptors (Lipinski definition) is 4. The molecule has 0 bridgehead atoms. The molecule has 0 saturated heterocycles. The molecule has 1 aromatic rings. The van der Waals surface area contributed by atoms with Gasteiger partial charge in [-0.05, 0) is 13.0 Å². The molecule has 0 fully saturated rings. The van der Waals surface area contributed by atoms with Gasteiger partial charge in [0.1, 0.15) is 0 Å². The highest BCUT2D eigenvalue weighted by Gasteiger charge is 2.40. The van der Waals surface area contributed by atoms with Crippen LogP contribution in [0.3, 0.4) is 0 Å². The second kappa shape index (κ2) is 3.83. The zero-order chi connectivity index (χ0) is 11.8. The van der Waals surface area contributed by atoms with Crippen molar-refractivity contribution in [3.8, 4) is 5.75 Å². The molecule has 85 valence electrons. The van der Waals surface area contributed by atoms with E-state index in [1.165, 1.54) is 6.07 Å². The molecule has 1 aromatic carbocycles. The minimum Gasteiger partial charge on any atom is -0.464 e. The Bertz CT molecular complexity index is 432. The molecule has 1 radical (unpaired) electrons. The molecule has 6 heteroatoms. The molecular weight excluding hydrogens is 232 g/mol. The second-order valence-corrected chi connectivity index (χ2v) is 3.78. The topological polar surface area (TPSA) is 64.4 Å². The summed E-state index contributed by atoms with van der Waals surface area (Å²) in [4.78, 5) is 10.4. The largest absolute Gasteiger partial charge is 0.464 e. The third-order valence-electron chi connectivity index (χ3n) is 2.48. The summed E-state index contributed by atoms with van der Waals surface area (Å²) in [5.41, 5.74) is -0.481. The number of nitrogens with one attached hydrogen (secondary N) is 1. The van der Waals surface area contributed by atoms with Crippen LogP contribution in [0.15, 0.2) is 18.2 Å². The van der Waals surface area contributed by atoms with E-state index in [9.17, 15) is 10.1 Å². The number of nitro benzene ring substituents is 1. The quantitative estimate of drug-likeness (QED) is 0.502. The Morgan fingerprint density at radius 3 is 2.94 bits per heavy atom. The molecule has 0 amide bonds. The molecule has 0 saturated carbocycles. The van der Waals surface area contributed by atoms with E-state index >= 15 is 0 Å². The summed E-state index contributed by atoms with van der Waals surface area (Å²) in [5, 5.41) is 13.7. The van der Waals surface area contributed by atoms with E-state index in [4.69, 9.17) is 16.3 Å². The minimum atomic E-state index is -0.837. The number of hydrogen-bond donors (Lipinski definition) is 1. The van der Waals surface area contributed by atoms with Gasteiger partial charge in [-0.15, -0.1) is 11.6 Å². The van der Waals surface area contributed by atoms with Gasteiger partial charge in [0, 0.05) is 12.5 Å². The number of nitrogens with zero attached hydrogens (tertiary/aromatic N) is 1. The molecule has 0 aromatic heterocycles. The highest BCUT2D eigenvalue weighted by atomic mass is 35.5. The van der Waals surface area contributed by atoms with Gasteiger partial charge in [-0.1, -0.05) is 6.07 Å². The van der Waals surface area contributed by atoms with Crippen molar-refractivity contribution >= 4 is 23.0 Å². The van der Waals surface area contributed by atoms with Gasteiger partial charge < -0.3 is 10.1 Å². The van der Waals surface area contributed by atoms with Gasteiger partial charge in [-0.3, -0.25) is 10.1 Å². The lowest BCUT2D eigenvalue weighted by molar-refractivity contribution is -0.383. The number of ether oxygens (including phenoxy) is 1. The van der Waals surface area contributed by atoms with E-state index in [0.29, 0.717) is 17.9 Å². The normalized spacial score (nSPS) is 22.1. The van der Waals surface area contributed by atoms with Gasteiger partial charge in [0.15, 0.2) is 17.2 Å². The number of alkyl halides is 1. The second-order valence-electron chi connectivity index (χ2n) is 3.51. The Hall–Kier alpha value is -1.49. The number of para-hydroxylation sites is 1. The molecule has 16 heavy (non-hydrogen) atoms. The molecular formula is C10H10ClN2O3. The predicted octanol–water partition coefficient (Wildman–Crippen LogP) is 2.56. The van der Waals surface area contributed by atoms with Gasteiger partial charge in [-0.2, -0.15) is 0 Å². The highest BCUT2D eigenvalue weighted by molar-refractivity contribution is 6.18. The first-order chi connectivity index (χ1) is 7.62. The fourth-order valence-electron chi connectivity index (χ4n) is 1.59. The third kappa shape index (κ3) is 1.57. The first-order valence-corrected chi connectivity index (χ1v) is 5.25. The Labute approximate surface area is 97.5 Å². The number of benzene rings is 1. The molecule has 1 unspecified atom stereocenters. The smallest absolute Gasteiger partial charge is 0.296 e. The molecule has 0 aliphatic carbocycles. The van der Waals surface area contributed by atoms with Crippen LogP contribution < -0.4 is 10.1 Å². The number of rotatable bonds is 3. The summed E-state index contributed by atoms with van der Waals surface area (Å²) in [7, 11) is 0. The lowest BCUT2D eigenvalue weighted by Crippen LogP contribution is -2.41. The van der Waals surface area contributed by atoms with Gasteiger partial charge in [-0.25, -0.2) is 0 Å². The zero-order valence-corrected chi connectivity index (χ0v) is 9.16. The monoisotopic (exact) mass is 241 g/mol. The maximum absolute atomic E-state index is 10.8. The number of halogens is 1. The maximum Gasteiger partial charge on any atom is 0.296 e. The van der Waals surface area contributed by atoms with Crippen LogP contribution in [0.1, 0.15) is 6.42 Å². The van der Waals surface area contributed by atoms with Crippen LogP contribution in [0.4, 0.5) is 11.4 Å². The lowest BCUT2D eigenvalue weighted by Gasteiger charge is -2.24. The van der Waals surface area contributed by atoms with Crippen molar-refractivity contribution in [3.05, 3.63) is 35.2 Å². The SMILES string of the molecule is [CH2]CC1(CCl)Nc2c(cccc2[N+](=O)[O-])O1. The fraction of sp³-hybridized carbons (Fsp3) is 0.300. The van der Waals surface area contributed by atoms with Crippen molar-refractivity contribution in [1.29, 1.82) is 0 Å². The van der Waals surface area contributed by atoms with E-state index in [2.05, 4.69) is 12.2 Å². The summed E-state index contributed by atoms with van der Waals surface area (Å²) in [6.45, 7) is 3.73. The molecule has 0 spiro atoms. The Morgan fingerprint density at radius 1 is 1.62 bits per heavy atom. The minimum absolute atomic E-state index is 0.0158. The van der Waals surface area contributed by atoms with Crippen molar-refractivity contribution in [1.82, 2.24) is 0 Å². The standard InChI is InChI=1S/C10H10ClN2O3/c1-2-10(6-11)12-9-7(13(14)15)4-3-5-8(9)16-10/h3-5,12H,1-2,6H2. The first-order valence-electron chi connectivity index (χ1n) is 4.72. The van der Waals surface area contributed by atoms with Crippen LogP contribution >= 0.6 is 11.6 Å². The van der Waals surface area contributed by atoms with Crippen LogP contribution in [-0.4, -0.2) is 16.5 Å². The summed E-state index contributed by atoms with van der Waals surface area (Å²) < 4.78 is 5.57. The summed E-state index contributed by atoms with van der Waals surface area (Å²) >= 11 is 5.79. The molecule has 1 atom stereocenters. The van der Waals surface area contributed by atoms with Crippen LogP contribution in [-0.2, 0) is 0 Å². The van der Waals surface area contributed by atoms with Gasteiger partial charge in [0.05, 0.1) is 10.8 Å². The third-order valence-corrected chi connectivity index (χ3v) is 2.91. The number of fused-ring (bicyclic) bond motifs is 1. The van der Waals surface area contributed by atoms with Crippen LogP contribution in [0.2, 0.25) is 0 Å². The maximum atomic E-state index is 10.8. The van der Waals surface area contributed by atoms with E-state index in [-0.39, 0.29) is 11.6 Å². The van der Waals surface area contributed by atoms with Crippen molar-refractivity contribution < 1.29 is 9.66 Å². The first kappa shape index (κ1) is 11.0. The van der Waals surface area contributed by atoms with E-state index in [0.717, 1.165) is 0 Å². The fourth-order valence-corrected chi connectivity index (χ4v) is 1.84. The zero-order valence-electron chi connectivity index (χ0n) is 8.40. The predicted molar refractivity (Wildman–Crippen MR) is 60.8 cm³/mol. The van der Waals surface area contributed by atoms with Crippen molar-refractivity contribution in [2.75, 3.05) is 11.2 Å². The number of nitro groups is 1. The molecule has 5 nitrogen and oxygen atoms in total. The van der Waals surface area contributed by atoms with Crippen molar-refractivity contribution in [3.63, 3.8) is 0 Å². The highest BCUT2D eigenvalue weighted by Crippen LogP contribution is 2.44. The summed E-state index contributed by atoms with van der Waals surface area (Å²) in [6.07, 6.45) is 0.377. The van der Waals surface area contributed by atoms with Crippen LogP contribution in [0, 0.1) is 17.0 Å².